The number of nitrogens with zero attached hydrogens (tertiary/aromatic N) is 1. The van der Waals surface area contributed by atoms with Crippen molar-refractivity contribution in [1.82, 2.24) is 4.98 Å². The molecule has 4 rings (SSSR count). The molecule has 178 valence electrons. The Balaban J connectivity index is 2.03. The summed E-state index contributed by atoms with van der Waals surface area (Å²) in [5, 5.41) is 10.3. The predicted molar refractivity (Wildman–Crippen MR) is 117 cm³/mol. The summed E-state index contributed by atoms with van der Waals surface area (Å²) in [7, 11) is -3.44. The van der Waals surface area contributed by atoms with Crippen LogP contribution in [-0.4, -0.2) is 31.6 Å². The van der Waals surface area contributed by atoms with Crippen molar-refractivity contribution >= 4 is 37.6 Å². The van der Waals surface area contributed by atoms with Gasteiger partial charge in [-0.25, -0.2) is 18.2 Å². The third kappa shape index (κ3) is 4.40. The number of ether oxygens (including phenoxy) is 2. The Morgan fingerprint density at radius 2 is 1.91 bits per heavy atom. The van der Waals surface area contributed by atoms with Crippen molar-refractivity contribution < 1.29 is 41.0 Å². The summed E-state index contributed by atoms with van der Waals surface area (Å²) < 4.78 is 79.3. The van der Waals surface area contributed by atoms with Crippen LogP contribution in [0.1, 0.15) is 21.5 Å². The van der Waals surface area contributed by atoms with Gasteiger partial charge in [0.1, 0.15) is 17.3 Å². The number of alkyl halides is 3. The maximum atomic E-state index is 13.7. The predicted octanol–water partition coefficient (Wildman–Crippen LogP) is 4.72. The first-order valence-corrected chi connectivity index (χ1v) is 11.7. The minimum atomic E-state index is -4.90. The first kappa shape index (κ1) is 23.8. The smallest absolute Gasteiger partial charge is 0.418 e. The fourth-order valence-electron chi connectivity index (χ4n) is 3.33. The molecule has 0 atom stereocenters. The number of hydrogen-bond donors (Lipinski definition) is 2. The zero-order valence-electron chi connectivity index (χ0n) is 17.1. The van der Waals surface area contributed by atoms with Gasteiger partial charge in [-0.05, 0) is 51.3 Å². The van der Waals surface area contributed by atoms with Crippen molar-refractivity contribution in [3.63, 3.8) is 0 Å². The first-order chi connectivity index (χ1) is 15.9. The van der Waals surface area contributed by atoms with Gasteiger partial charge in [0.25, 0.3) is 10.0 Å². The van der Waals surface area contributed by atoms with Crippen LogP contribution in [-0.2, 0) is 27.5 Å². The highest BCUT2D eigenvalue weighted by atomic mass is 79.9. The van der Waals surface area contributed by atoms with Gasteiger partial charge in [0.2, 0.25) is 5.88 Å². The molecule has 0 saturated carbocycles. The van der Waals surface area contributed by atoms with E-state index in [1.807, 2.05) is 4.72 Å². The van der Waals surface area contributed by atoms with Gasteiger partial charge in [0.15, 0.2) is 0 Å². The molecule has 0 saturated heterocycles. The number of fused-ring (bicyclic) bond motifs is 6. The van der Waals surface area contributed by atoms with E-state index in [1.165, 1.54) is 19.4 Å². The molecule has 0 amide bonds. The zero-order valence-corrected chi connectivity index (χ0v) is 19.5. The summed E-state index contributed by atoms with van der Waals surface area (Å²) in [4.78, 5) is 15.9. The van der Waals surface area contributed by atoms with Crippen LogP contribution < -0.4 is 9.46 Å². The van der Waals surface area contributed by atoms with Gasteiger partial charge in [-0.2, -0.15) is 13.2 Å². The Bertz CT molecular complexity index is 1430. The summed E-state index contributed by atoms with van der Waals surface area (Å²) in [6, 6.07) is 6.23. The Labute approximate surface area is 199 Å². The van der Waals surface area contributed by atoms with E-state index in [-0.39, 0.29) is 28.1 Å². The van der Waals surface area contributed by atoms with E-state index < -0.39 is 44.1 Å². The lowest BCUT2D eigenvalue weighted by Crippen LogP contribution is -2.18. The second kappa shape index (κ2) is 8.47. The summed E-state index contributed by atoms with van der Waals surface area (Å²) in [6.07, 6.45) is -3.56. The number of halogens is 4. The molecule has 4 bridgehead atoms. The number of aromatic hydroxyl groups is 1. The number of carbonyl (C=O) groups is 1. The molecule has 0 fully saturated rings. The van der Waals surface area contributed by atoms with Crippen LogP contribution in [0.2, 0.25) is 0 Å². The fourth-order valence-corrected chi connectivity index (χ4v) is 5.13. The van der Waals surface area contributed by atoms with Gasteiger partial charge in [-0.15, -0.1) is 0 Å². The highest BCUT2D eigenvalue weighted by Gasteiger charge is 2.36. The van der Waals surface area contributed by atoms with Gasteiger partial charge in [-0.1, -0.05) is 6.07 Å². The van der Waals surface area contributed by atoms with Crippen LogP contribution in [0.5, 0.6) is 11.6 Å². The van der Waals surface area contributed by atoms with Crippen LogP contribution in [0, 0.1) is 0 Å². The third-order valence-electron chi connectivity index (χ3n) is 4.96. The molecule has 0 radical (unpaired) electrons. The normalized spacial score (nSPS) is 15.0. The Kier molecular flexibility index (Phi) is 5.94. The second-order valence-corrected chi connectivity index (χ2v) is 9.63. The van der Waals surface area contributed by atoms with Crippen molar-refractivity contribution in [1.29, 1.82) is 0 Å². The molecule has 1 aliphatic rings. The summed E-state index contributed by atoms with van der Waals surface area (Å²) in [5.74, 6) is -1.58. The fraction of sp³-hybridized carbons (Fsp3) is 0.143. The molecule has 0 spiro atoms. The van der Waals surface area contributed by atoms with Crippen LogP contribution in [0.3, 0.4) is 0 Å². The molecule has 3 aromatic rings. The average Bonchev–Trinajstić information content (AvgIpc) is 2.77. The van der Waals surface area contributed by atoms with E-state index in [0.717, 1.165) is 30.3 Å². The molecule has 34 heavy (non-hydrogen) atoms. The molecule has 0 unspecified atom stereocenters. The first-order valence-electron chi connectivity index (χ1n) is 9.37. The van der Waals surface area contributed by atoms with Crippen molar-refractivity contribution in [2.45, 2.75) is 17.7 Å². The number of benzene rings is 2. The maximum absolute atomic E-state index is 13.7. The van der Waals surface area contributed by atoms with Crippen LogP contribution in [0.15, 0.2) is 52.0 Å². The topological polar surface area (TPSA) is 115 Å². The number of sulfonamides is 1. The molecule has 8 nitrogen and oxygen atoms in total. The Morgan fingerprint density at radius 1 is 1.18 bits per heavy atom. The van der Waals surface area contributed by atoms with Gasteiger partial charge in [0.05, 0.1) is 28.4 Å². The summed E-state index contributed by atoms with van der Waals surface area (Å²) in [6.45, 7) is -0.324. The van der Waals surface area contributed by atoms with Gasteiger partial charge >= 0.3 is 12.1 Å². The number of esters is 1. The average molecular weight is 559 g/mol. The molecule has 2 aromatic carbocycles. The number of carbonyl (C=O) groups excluding carboxylic acids is 1. The number of anilines is 1. The minimum Gasteiger partial charge on any atom is -0.505 e. The van der Waals surface area contributed by atoms with E-state index in [4.69, 9.17) is 9.47 Å². The Morgan fingerprint density at radius 3 is 2.59 bits per heavy atom. The van der Waals surface area contributed by atoms with E-state index in [1.54, 1.807) is 0 Å². The van der Waals surface area contributed by atoms with Gasteiger partial charge in [-0.3, -0.25) is 4.72 Å². The lowest BCUT2D eigenvalue weighted by molar-refractivity contribution is -0.136. The molecular formula is C21H14BrF3N2O6S. The third-order valence-corrected chi connectivity index (χ3v) is 6.95. The van der Waals surface area contributed by atoms with Crippen molar-refractivity contribution in [2.75, 3.05) is 11.8 Å². The number of nitrogens with one attached hydrogen (secondary N) is 1. The van der Waals surface area contributed by atoms with Crippen LogP contribution >= 0.6 is 15.9 Å². The molecule has 13 heteroatoms. The van der Waals surface area contributed by atoms with E-state index in [0.29, 0.717) is 11.1 Å². The largest absolute Gasteiger partial charge is 0.505 e. The molecular weight excluding hydrogens is 545 g/mol. The number of phenolic OH excluding ortho intramolecular Hbond substituents is 1. The number of methoxy groups -OCH3 is 1. The van der Waals surface area contributed by atoms with E-state index >= 15 is 0 Å². The van der Waals surface area contributed by atoms with Gasteiger partial charge < -0.3 is 14.6 Å². The number of hydrogen-bond acceptors (Lipinski definition) is 7. The molecule has 2 N–H and O–H groups in total. The van der Waals surface area contributed by atoms with Crippen LogP contribution in [0.25, 0.3) is 11.1 Å². The number of cyclic esters (lactones) is 1. The molecule has 2 heterocycles. The van der Waals surface area contributed by atoms with Crippen LogP contribution in [0.4, 0.5) is 18.9 Å². The maximum Gasteiger partial charge on any atom is 0.418 e. The lowest BCUT2D eigenvalue weighted by Gasteiger charge is -2.18. The van der Waals surface area contributed by atoms with Crippen molar-refractivity contribution in [2.24, 2.45) is 0 Å². The number of phenols is 1. The highest BCUT2D eigenvalue weighted by molar-refractivity contribution is 9.10. The number of aromatic nitrogens is 1. The highest BCUT2D eigenvalue weighted by Crippen LogP contribution is 2.41. The second-order valence-electron chi connectivity index (χ2n) is 7.13. The minimum absolute atomic E-state index is 0.136. The van der Waals surface area contributed by atoms with Gasteiger partial charge in [0, 0.05) is 17.8 Å². The standard InChI is InChI=1S/C21H14BrF3N2O6S/c1-32-18-7-13-10-2-3-14(21(23,24)25)16(5-10)27-34(30,31)17-6-11(4-15(22)19(17)28)20(29)33-9-12(13)8-26-18/h2-8,27-28H,9H2,1H3. The lowest BCUT2D eigenvalue weighted by atomic mass is 9.99. The Hall–Kier alpha value is -3.32. The molecule has 0 aliphatic carbocycles. The summed E-state index contributed by atoms with van der Waals surface area (Å²) in [5.41, 5.74) is -1.47. The number of pyridine rings is 1. The van der Waals surface area contributed by atoms with Crippen molar-refractivity contribution in [3.05, 3.63) is 63.8 Å². The zero-order chi connectivity index (χ0) is 24.8. The van der Waals surface area contributed by atoms with E-state index in [9.17, 15) is 31.5 Å². The number of rotatable bonds is 1. The molecule has 1 aromatic heterocycles. The monoisotopic (exact) mass is 558 g/mol. The van der Waals surface area contributed by atoms with E-state index in [2.05, 4.69) is 20.9 Å². The summed E-state index contributed by atoms with van der Waals surface area (Å²) >= 11 is 2.96. The van der Waals surface area contributed by atoms with Crippen molar-refractivity contribution in [3.8, 4) is 22.8 Å². The SMILES string of the molecule is COc1cc2c(cn1)COC(=O)c1cc(Br)c(O)c(c1)S(=O)(=O)Nc1cc-2ccc1C(F)(F)F. The molecule has 1 aliphatic heterocycles. The quantitative estimate of drug-likeness (QED) is 0.415.